The smallest absolute Gasteiger partial charge is 0.137 e. The molecule has 0 saturated carbocycles. The Bertz CT molecular complexity index is 607. The maximum Gasteiger partial charge on any atom is 0.137 e. The molecule has 0 amide bonds. The molecule has 0 bridgehead atoms. The van der Waals surface area contributed by atoms with Gasteiger partial charge in [-0.05, 0) is 31.0 Å². The van der Waals surface area contributed by atoms with Crippen LogP contribution in [0.4, 0.5) is 0 Å². The molecule has 0 aliphatic carbocycles. The number of pyridine rings is 1. The molecule has 0 fully saturated rings. The molecule has 0 atom stereocenters. The van der Waals surface area contributed by atoms with Crippen molar-refractivity contribution in [3.8, 4) is 17.0 Å². The highest BCUT2D eigenvalue weighted by molar-refractivity contribution is 7.71. The molecule has 0 aromatic carbocycles. The second-order valence-corrected chi connectivity index (χ2v) is 4.17. The minimum Gasteiger partial charge on any atom is -0.495 e. The van der Waals surface area contributed by atoms with Crippen molar-refractivity contribution in [2.45, 2.75) is 13.8 Å². The fourth-order valence-corrected chi connectivity index (χ4v) is 1.76. The third kappa shape index (κ3) is 2.19. The van der Waals surface area contributed by atoms with E-state index in [1.54, 1.807) is 19.5 Å². The van der Waals surface area contributed by atoms with E-state index in [2.05, 4.69) is 15.2 Å². The molecule has 2 heterocycles. The second kappa shape index (κ2) is 4.63. The van der Waals surface area contributed by atoms with E-state index in [0.29, 0.717) is 10.4 Å². The summed E-state index contributed by atoms with van der Waals surface area (Å²) in [5, 5.41) is 7.10. The Morgan fingerprint density at radius 1 is 1.24 bits per heavy atom. The van der Waals surface area contributed by atoms with Gasteiger partial charge in [-0.2, -0.15) is 5.10 Å². The highest BCUT2D eigenvalue weighted by Gasteiger charge is 2.08. The van der Waals surface area contributed by atoms with Gasteiger partial charge < -0.3 is 4.74 Å². The minimum absolute atomic E-state index is 0.669. The van der Waals surface area contributed by atoms with Gasteiger partial charge in [0.1, 0.15) is 10.4 Å². The molecule has 2 rings (SSSR count). The average Bonchev–Trinajstić information content (AvgIpc) is 2.36. The lowest BCUT2D eigenvalue weighted by atomic mass is 10.1. The van der Waals surface area contributed by atoms with Gasteiger partial charge in [0.25, 0.3) is 0 Å². The zero-order chi connectivity index (χ0) is 12.4. The average molecular weight is 247 g/mol. The van der Waals surface area contributed by atoms with Crippen LogP contribution < -0.4 is 4.74 Å². The maximum atomic E-state index is 5.15. The number of aromatic amines is 1. The number of hydrogen-bond acceptors (Lipinski definition) is 4. The topological polar surface area (TPSA) is 50.8 Å². The van der Waals surface area contributed by atoms with Crippen LogP contribution in [0.25, 0.3) is 11.3 Å². The van der Waals surface area contributed by atoms with Crippen LogP contribution in [-0.4, -0.2) is 22.3 Å². The molecule has 0 saturated heterocycles. The van der Waals surface area contributed by atoms with Crippen LogP contribution in [0.2, 0.25) is 0 Å². The van der Waals surface area contributed by atoms with Gasteiger partial charge in [-0.25, -0.2) is 0 Å². The molecule has 2 aromatic rings. The third-order valence-electron chi connectivity index (χ3n) is 2.75. The molecular weight excluding hydrogens is 234 g/mol. The number of hydrogen-bond donors (Lipinski definition) is 1. The quantitative estimate of drug-likeness (QED) is 0.829. The van der Waals surface area contributed by atoms with E-state index in [0.717, 1.165) is 22.4 Å². The summed E-state index contributed by atoms with van der Waals surface area (Å²) in [6, 6.07) is 1.90. The molecule has 88 valence electrons. The van der Waals surface area contributed by atoms with E-state index in [1.807, 2.05) is 19.9 Å². The molecule has 2 aromatic heterocycles. The SMILES string of the molecule is COc1cncc(-c2n[nH]c(=S)c(C)c2C)c1. The van der Waals surface area contributed by atoms with E-state index in [9.17, 15) is 0 Å². The summed E-state index contributed by atoms with van der Waals surface area (Å²) >= 11 is 5.14. The lowest BCUT2D eigenvalue weighted by molar-refractivity contribution is 0.413. The Kier molecular flexibility index (Phi) is 3.19. The predicted octanol–water partition coefficient (Wildman–Crippen LogP) is 2.83. The molecule has 4 nitrogen and oxygen atoms in total. The van der Waals surface area contributed by atoms with Gasteiger partial charge in [-0.15, -0.1) is 0 Å². The summed E-state index contributed by atoms with van der Waals surface area (Å²) in [5.74, 6) is 0.712. The molecule has 5 heteroatoms. The molecule has 0 aliphatic heterocycles. The lowest BCUT2D eigenvalue weighted by Crippen LogP contribution is -1.97. The van der Waals surface area contributed by atoms with Crippen molar-refractivity contribution in [2.24, 2.45) is 0 Å². The summed E-state index contributed by atoms with van der Waals surface area (Å²) < 4.78 is 5.82. The zero-order valence-electron chi connectivity index (χ0n) is 9.94. The first-order chi connectivity index (χ1) is 8.13. The lowest BCUT2D eigenvalue weighted by Gasteiger charge is -2.08. The molecule has 1 N–H and O–H groups in total. The standard InChI is InChI=1S/C12H13N3OS/c1-7-8(2)12(17)15-14-11(7)9-4-10(16-3)6-13-5-9/h4-6H,1-3H3,(H,15,17). The first-order valence-electron chi connectivity index (χ1n) is 5.18. The van der Waals surface area contributed by atoms with Crippen LogP contribution in [0.3, 0.4) is 0 Å². The van der Waals surface area contributed by atoms with Crippen molar-refractivity contribution in [1.82, 2.24) is 15.2 Å². The van der Waals surface area contributed by atoms with E-state index in [4.69, 9.17) is 17.0 Å². The van der Waals surface area contributed by atoms with Crippen LogP contribution in [0, 0.1) is 18.5 Å². The summed E-state index contributed by atoms with van der Waals surface area (Å²) in [7, 11) is 1.62. The van der Waals surface area contributed by atoms with Crippen LogP contribution in [0.1, 0.15) is 11.1 Å². The van der Waals surface area contributed by atoms with Crippen molar-refractivity contribution in [2.75, 3.05) is 7.11 Å². The van der Waals surface area contributed by atoms with Crippen molar-refractivity contribution < 1.29 is 4.74 Å². The van der Waals surface area contributed by atoms with Gasteiger partial charge in [-0.1, -0.05) is 12.2 Å². The Balaban J connectivity index is 2.60. The van der Waals surface area contributed by atoms with Gasteiger partial charge in [-0.3, -0.25) is 10.1 Å². The summed E-state index contributed by atoms with van der Waals surface area (Å²) in [6.07, 6.45) is 3.42. The molecule has 0 unspecified atom stereocenters. The predicted molar refractivity (Wildman–Crippen MR) is 68.7 cm³/mol. The van der Waals surface area contributed by atoms with Gasteiger partial charge in [0.05, 0.1) is 19.0 Å². The maximum absolute atomic E-state index is 5.15. The van der Waals surface area contributed by atoms with Crippen molar-refractivity contribution in [3.63, 3.8) is 0 Å². The van der Waals surface area contributed by atoms with E-state index >= 15 is 0 Å². The number of nitrogens with one attached hydrogen (secondary N) is 1. The number of rotatable bonds is 2. The second-order valence-electron chi connectivity index (χ2n) is 3.76. The number of methoxy groups -OCH3 is 1. The zero-order valence-corrected chi connectivity index (χ0v) is 10.8. The number of ether oxygens (including phenoxy) is 1. The van der Waals surface area contributed by atoms with Gasteiger partial charge in [0.2, 0.25) is 0 Å². The van der Waals surface area contributed by atoms with Crippen LogP contribution in [-0.2, 0) is 0 Å². The molecular formula is C12H13N3OS. The monoisotopic (exact) mass is 247 g/mol. The Labute approximate surface area is 105 Å². The van der Waals surface area contributed by atoms with Crippen LogP contribution in [0.15, 0.2) is 18.5 Å². The van der Waals surface area contributed by atoms with Gasteiger partial charge in [0, 0.05) is 11.8 Å². The van der Waals surface area contributed by atoms with Crippen LogP contribution >= 0.6 is 12.2 Å². The molecule has 0 aliphatic rings. The van der Waals surface area contributed by atoms with Crippen molar-refractivity contribution in [1.29, 1.82) is 0 Å². The Morgan fingerprint density at radius 2 is 2.00 bits per heavy atom. The summed E-state index contributed by atoms with van der Waals surface area (Å²) in [5.41, 5.74) is 3.86. The third-order valence-corrected chi connectivity index (χ3v) is 3.15. The molecule has 0 radical (unpaired) electrons. The fourth-order valence-electron chi connectivity index (χ4n) is 1.56. The van der Waals surface area contributed by atoms with Crippen molar-refractivity contribution >= 4 is 12.2 Å². The van der Waals surface area contributed by atoms with Gasteiger partial charge in [0.15, 0.2) is 0 Å². The van der Waals surface area contributed by atoms with E-state index in [-0.39, 0.29) is 0 Å². The highest BCUT2D eigenvalue weighted by atomic mass is 32.1. The molecule has 0 spiro atoms. The normalized spacial score (nSPS) is 10.3. The number of H-pyrrole nitrogens is 1. The fraction of sp³-hybridized carbons (Fsp3) is 0.250. The molecule has 17 heavy (non-hydrogen) atoms. The minimum atomic E-state index is 0.669. The number of aromatic nitrogens is 3. The van der Waals surface area contributed by atoms with E-state index in [1.165, 1.54) is 0 Å². The largest absolute Gasteiger partial charge is 0.495 e. The summed E-state index contributed by atoms with van der Waals surface area (Å²) in [6.45, 7) is 3.98. The van der Waals surface area contributed by atoms with Crippen LogP contribution in [0.5, 0.6) is 5.75 Å². The Hall–Kier alpha value is -1.75. The highest BCUT2D eigenvalue weighted by Crippen LogP contribution is 2.24. The Morgan fingerprint density at radius 3 is 2.71 bits per heavy atom. The number of nitrogens with zero attached hydrogens (tertiary/aromatic N) is 2. The van der Waals surface area contributed by atoms with Gasteiger partial charge >= 0.3 is 0 Å². The summed E-state index contributed by atoms with van der Waals surface area (Å²) in [4.78, 5) is 4.12. The first-order valence-corrected chi connectivity index (χ1v) is 5.59. The van der Waals surface area contributed by atoms with Crippen molar-refractivity contribution in [3.05, 3.63) is 34.2 Å². The van der Waals surface area contributed by atoms with E-state index < -0.39 is 0 Å². The first kappa shape index (κ1) is 11.7.